The van der Waals surface area contributed by atoms with Gasteiger partial charge in [-0.15, -0.1) is 0 Å². The maximum Gasteiger partial charge on any atom is 0.338 e. The van der Waals surface area contributed by atoms with Crippen LogP contribution in [-0.2, 0) is 21.4 Å². The molecule has 0 radical (unpaired) electrons. The van der Waals surface area contributed by atoms with Crippen LogP contribution in [0.15, 0.2) is 53.4 Å². The Bertz CT molecular complexity index is 771. The number of rotatable bonds is 6. The quantitative estimate of drug-likeness (QED) is 0.810. The van der Waals surface area contributed by atoms with E-state index in [1.54, 1.807) is 31.2 Å². The zero-order chi connectivity index (χ0) is 16.9. The van der Waals surface area contributed by atoms with E-state index in [0.29, 0.717) is 11.6 Å². The van der Waals surface area contributed by atoms with Gasteiger partial charge in [0, 0.05) is 11.6 Å². The molecule has 0 aliphatic rings. The van der Waals surface area contributed by atoms with Crippen LogP contribution in [0.25, 0.3) is 0 Å². The molecule has 0 unspecified atom stereocenters. The number of halogens is 1. The van der Waals surface area contributed by atoms with E-state index in [9.17, 15) is 13.2 Å². The van der Waals surface area contributed by atoms with Crippen molar-refractivity contribution in [3.63, 3.8) is 0 Å². The van der Waals surface area contributed by atoms with Gasteiger partial charge in [-0.05, 0) is 42.0 Å². The summed E-state index contributed by atoms with van der Waals surface area (Å²) in [5, 5.41) is 0.609. The normalized spacial score (nSPS) is 11.2. The van der Waals surface area contributed by atoms with Crippen LogP contribution in [-0.4, -0.2) is 20.9 Å². The van der Waals surface area contributed by atoms with Crippen molar-refractivity contribution in [1.29, 1.82) is 0 Å². The molecule has 0 fully saturated rings. The first kappa shape index (κ1) is 17.5. The van der Waals surface area contributed by atoms with Crippen LogP contribution in [0, 0.1) is 0 Å². The van der Waals surface area contributed by atoms with Gasteiger partial charge in [-0.1, -0.05) is 30.7 Å². The fourth-order valence-electron chi connectivity index (χ4n) is 1.86. The molecule has 5 nitrogen and oxygen atoms in total. The second kappa shape index (κ2) is 7.59. The molecule has 2 aromatic carbocycles. The van der Waals surface area contributed by atoms with Gasteiger partial charge in [0.15, 0.2) is 0 Å². The van der Waals surface area contributed by atoms with E-state index in [4.69, 9.17) is 16.3 Å². The molecular formula is C16H16ClNO4S. The molecule has 0 amide bonds. The summed E-state index contributed by atoms with van der Waals surface area (Å²) in [6, 6.07) is 12.6. The third kappa shape index (κ3) is 4.79. The average Bonchev–Trinajstić information content (AvgIpc) is 2.54. The Morgan fingerprint density at radius 2 is 1.70 bits per heavy atom. The predicted molar refractivity (Wildman–Crippen MR) is 87.9 cm³/mol. The molecule has 0 spiro atoms. The number of benzene rings is 2. The van der Waals surface area contributed by atoms with Crippen LogP contribution in [0.2, 0.25) is 5.02 Å². The van der Waals surface area contributed by atoms with Gasteiger partial charge in [-0.3, -0.25) is 0 Å². The number of esters is 1. The van der Waals surface area contributed by atoms with Crippen molar-refractivity contribution in [2.45, 2.75) is 18.4 Å². The molecule has 0 saturated carbocycles. The Hall–Kier alpha value is -1.89. The summed E-state index contributed by atoms with van der Waals surface area (Å²) in [7, 11) is -3.53. The van der Waals surface area contributed by atoms with Crippen LogP contribution >= 0.6 is 11.6 Å². The minimum atomic E-state index is -3.53. The first-order valence-electron chi connectivity index (χ1n) is 6.93. The monoisotopic (exact) mass is 353 g/mol. The Kier molecular flexibility index (Phi) is 5.76. The summed E-state index contributed by atoms with van der Waals surface area (Å²) < 4.78 is 31.2. The number of carbonyl (C=O) groups is 1. The lowest BCUT2D eigenvalue weighted by atomic mass is 10.2. The summed E-state index contributed by atoms with van der Waals surface area (Å²) in [5.41, 5.74) is 1.10. The van der Waals surface area contributed by atoms with E-state index in [-0.39, 0.29) is 17.1 Å². The maximum atomic E-state index is 12.0. The molecule has 1 N–H and O–H groups in total. The highest BCUT2D eigenvalue weighted by Crippen LogP contribution is 2.13. The van der Waals surface area contributed by atoms with Crippen molar-refractivity contribution < 1.29 is 17.9 Å². The number of nitrogens with one attached hydrogen (secondary N) is 1. The largest absolute Gasteiger partial charge is 0.457 e. The number of hydrogen-bond acceptors (Lipinski definition) is 4. The van der Waals surface area contributed by atoms with Crippen LogP contribution in [0.3, 0.4) is 0 Å². The van der Waals surface area contributed by atoms with E-state index < -0.39 is 16.0 Å². The van der Waals surface area contributed by atoms with Crippen LogP contribution < -0.4 is 4.72 Å². The summed E-state index contributed by atoms with van der Waals surface area (Å²) in [4.78, 5) is 12.1. The lowest BCUT2D eigenvalue weighted by molar-refractivity contribution is 0.0472. The first-order valence-corrected chi connectivity index (χ1v) is 8.80. The third-order valence-corrected chi connectivity index (χ3v) is 4.83. The molecule has 0 atom stereocenters. The molecule has 23 heavy (non-hydrogen) atoms. The molecule has 2 aromatic rings. The molecule has 0 aliphatic carbocycles. The topological polar surface area (TPSA) is 72.5 Å². The highest BCUT2D eigenvalue weighted by Gasteiger charge is 2.14. The van der Waals surface area contributed by atoms with Gasteiger partial charge in [0.25, 0.3) is 0 Å². The number of ether oxygens (including phenoxy) is 1. The molecule has 0 aliphatic heterocycles. The Balaban J connectivity index is 2.01. The van der Waals surface area contributed by atoms with Crippen molar-refractivity contribution in [2.75, 3.05) is 6.54 Å². The molecular weight excluding hydrogens is 338 g/mol. The van der Waals surface area contributed by atoms with Crippen molar-refractivity contribution in [3.8, 4) is 0 Å². The van der Waals surface area contributed by atoms with Crippen LogP contribution in [0.4, 0.5) is 0 Å². The fraction of sp³-hybridized carbons (Fsp3) is 0.188. The molecule has 0 aromatic heterocycles. The summed E-state index contributed by atoms with van der Waals surface area (Å²) in [6.07, 6.45) is 0. The summed E-state index contributed by atoms with van der Waals surface area (Å²) >= 11 is 5.78. The van der Waals surface area contributed by atoms with Gasteiger partial charge >= 0.3 is 5.97 Å². The Morgan fingerprint density at radius 1 is 1.09 bits per heavy atom. The smallest absolute Gasteiger partial charge is 0.338 e. The maximum absolute atomic E-state index is 12.0. The molecule has 7 heteroatoms. The van der Waals surface area contributed by atoms with Crippen molar-refractivity contribution >= 4 is 27.6 Å². The predicted octanol–water partition coefficient (Wildman–Crippen LogP) is 3.00. The van der Waals surface area contributed by atoms with Gasteiger partial charge < -0.3 is 4.74 Å². The zero-order valence-electron chi connectivity index (χ0n) is 12.5. The van der Waals surface area contributed by atoms with Crippen molar-refractivity contribution in [1.82, 2.24) is 4.72 Å². The lowest BCUT2D eigenvalue weighted by Crippen LogP contribution is -2.23. The second-order valence-corrected chi connectivity index (χ2v) is 6.93. The Morgan fingerprint density at radius 3 is 2.26 bits per heavy atom. The highest BCUT2D eigenvalue weighted by molar-refractivity contribution is 7.89. The average molecular weight is 354 g/mol. The minimum absolute atomic E-state index is 0.105. The SMILES string of the molecule is CCNS(=O)(=O)c1ccc(C(=O)OCc2ccc(Cl)cc2)cc1. The Labute approximate surface area is 140 Å². The highest BCUT2D eigenvalue weighted by atomic mass is 35.5. The van der Waals surface area contributed by atoms with Crippen molar-refractivity contribution in [2.24, 2.45) is 0 Å². The van der Waals surface area contributed by atoms with E-state index in [1.165, 1.54) is 24.3 Å². The third-order valence-electron chi connectivity index (χ3n) is 3.02. The summed E-state index contributed by atoms with van der Waals surface area (Å²) in [5.74, 6) is -0.521. The van der Waals surface area contributed by atoms with E-state index in [2.05, 4.69) is 4.72 Å². The number of hydrogen-bond donors (Lipinski definition) is 1. The fourth-order valence-corrected chi connectivity index (χ4v) is 3.02. The summed E-state index contributed by atoms with van der Waals surface area (Å²) in [6.45, 7) is 2.11. The van der Waals surface area contributed by atoms with E-state index >= 15 is 0 Å². The number of sulfonamides is 1. The lowest BCUT2D eigenvalue weighted by Gasteiger charge is -2.07. The van der Waals surface area contributed by atoms with Gasteiger partial charge in [0.05, 0.1) is 10.5 Å². The van der Waals surface area contributed by atoms with E-state index in [0.717, 1.165) is 5.56 Å². The molecule has 0 heterocycles. The van der Waals surface area contributed by atoms with Gasteiger partial charge in [0.2, 0.25) is 10.0 Å². The minimum Gasteiger partial charge on any atom is -0.457 e. The van der Waals surface area contributed by atoms with E-state index in [1.807, 2.05) is 0 Å². The number of carbonyl (C=O) groups excluding carboxylic acids is 1. The molecule has 122 valence electrons. The zero-order valence-corrected chi connectivity index (χ0v) is 14.0. The molecule has 2 rings (SSSR count). The standard InChI is InChI=1S/C16H16ClNO4S/c1-2-18-23(20,21)15-9-5-13(6-10-15)16(19)22-11-12-3-7-14(17)8-4-12/h3-10,18H,2,11H2,1H3. The van der Waals surface area contributed by atoms with Crippen molar-refractivity contribution in [3.05, 3.63) is 64.7 Å². The van der Waals surface area contributed by atoms with Crippen LogP contribution in [0.1, 0.15) is 22.8 Å². The van der Waals surface area contributed by atoms with Gasteiger partial charge in [-0.25, -0.2) is 17.9 Å². The first-order chi connectivity index (χ1) is 10.9. The molecule has 0 bridgehead atoms. The molecule has 0 saturated heterocycles. The van der Waals surface area contributed by atoms with Gasteiger partial charge in [-0.2, -0.15) is 0 Å². The van der Waals surface area contributed by atoms with Gasteiger partial charge in [0.1, 0.15) is 6.61 Å². The second-order valence-electron chi connectivity index (χ2n) is 4.73. The van der Waals surface area contributed by atoms with Crippen LogP contribution in [0.5, 0.6) is 0 Å².